The second-order valence-corrected chi connectivity index (χ2v) is 5.90. The third kappa shape index (κ3) is 3.12. The van der Waals surface area contributed by atoms with Crippen LogP contribution in [-0.4, -0.2) is 40.7 Å². The van der Waals surface area contributed by atoms with Crippen LogP contribution < -0.4 is 5.73 Å². The second kappa shape index (κ2) is 5.92. The molecule has 0 saturated carbocycles. The smallest absolute Gasteiger partial charge is 0.249 e. The van der Waals surface area contributed by atoms with Crippen molar-refractivity contribution >= 4 is 17.2 Å². The van der Waals surface area contributed by atoms with Gasteiger partial charge in [0.05, 0.1) is 18.8 Å². The van der Waals surface area contributed by atoms with E-state index in [1.54, 1.807) is 12.3 Å². The van der Waals surface area contributed by atoms with E-state index in [1.165, 1.54) is 11.3 Å². The zero-order valence-corrected chi connectivity index (χ0v) is 12.4. The average Bonchev–Trinajstić information content (AvgIpc) is 3.09. The lowest BCUT2D eigenvalue weighted by Gasteiger charge is -2.32. The van der Waals surface area contributed by atoms with Gasteiger partial charge < -0.3 is 15.0 Å². The molecule has 3 rings (SSSR count). The van der Waals surface area contributed by atoms with Gasteiger partial charge in [0.2, 0.25) is 11.8 Å². The summed E-state index contributed by atoms with van der Waals surface area (Å²) >= 11 is 1.52. The summed E-state index contributed by atoms with van der Waals surface area (Å²) in [7, 11) is 0. The molecule has 2 aromatic rings. The van der Waals surface area contributed by atoms with Gasteiger partial charge in [0.25, 0.3) is 0 Å². The maximum absolute atomic E-state index is 11.2. The molecule has 1 saturated heterocycles. The fourth-order valence-electron chi connectivity index (χ4n) is 2.30. The Balaban J connectivity index is 1.76. The third-order valence-electron chi connectivity index (χ3n) is 3.36. The van der Waals surface area contributed by atoms with Gasteiger partial charge >= 0.3 is 0 Å². The SMILES string of the molecule is Cc1noc([C@H]2COCCN2Cc2cc(C(N)=O)cs2)n1. The van der Waals surface area contributed by atoms with Gasteiger partial charge in [0.15, 0.2) is 5.82 Å². The lowest BCUT2D eigenvalue weighted by atomic mass is 10.2. The summed E-state index contributed by atoms with van der Waals surface area (Å²) < 4.78 is 10.8. The van der Waals surface area contributed by atoms with Crippen molar-refractivity contribution in [3.05, 3.63) is 33.6 Å². The van der Waals surface area contributed by atoms with E-state index in [0.717, 1.165) is 11.4 Å². The van der Waals surface area contributed by atoms with Gasteiger partial charge in [-0.1, -0.05) is 5.16 Å². The Bertz CT molecular complexity index is 639. The molecule has 7 nitrogen and oxygen atoms in total. The van der Waals surface area contributed by atoms with Gasteiger partial charge in [-0.2, -0.15) is 4.98 Å². The first-order valence-electron chi connectivity index (χ1n) is 6.62. The van der Waals surface area contributed by atoms with E-state index in [1.807, 2.05) is 6.07 Å². The summed E-state index contributed by atoms with van der Waals surface area (Å²) in [6.07, 6.45) is 0. The van der Waals surface area contributed by atoms with Crippen molar-refractivity contribution in [1.29, 1.82) is 0 Å². The number of aromatic nitrogens is 2. The number of aryl methyl sites for hydroxylation is 1. The summed E-state index contributed by atoms with van der Waals surface area (Å²) in [6, 6.07) is 1.78. The van der Waals surface area contributed by atoms with Crippen LogP contribution in [0.2, 0.25) is 0 Å². The van der Waals surface area contributed by atoms with Gasteiger partial charge in [0.1, 0.15) is 6.04 Å². The van der Waals surface area contributed by atoms with E-state index in [0.29, 0.717) is 37.0 Å². The number of thiophene rings is 1. The van der Waals surface area contributed by atoms with Crippen molar-refractivity contribution in [1.82, 2.24) is 15.0 Å². The zero-order valence-electron chi connectivity index (χ0n) is 11.6. The molecule has 0 radical (unpaired) electrons. The van der Waals surface area contributed by atoms with Crippen molar-refractivity contribution < 1.29 is 14.1 Å². The standard InChI is InChI=1S/C13H16N4O3S/c1-8-15-13(20-16-8)11-6-19-3-2-17(11)5-10-4-9(7-21-10)12(14)18/h4,7,11H,2-3,5-6H2,1H3,(H2,14,18)/t11-/m1/s1. The predicted molar refractivity (Wildman–Crippen MR) is 75.8 cm³/mol. The highest BCUT2D eigenvalue weighted by Gasteiger charge is 2.29. The number of nitrogens with zero attached hydrogens (tertiary/aromatic N) is 3. The number of primary amides is 1. The third-order valence-corrected chi connectivity index (χ3v) is 4.29. The van der Waals surface area contributed by atoms with E-state index in [4.69, 9.17) is 15.0 Å². The highest BCUT2D eigenvalue weighted by Crippen LogP contribution is 2.26. The molecule has 2 aromatic heterocycles. The maximum atomic E-state index is 11.2. The Hall–Kier alpha value is -1.77. The fraction of sp³-hybridized carbons (Fsp3) is 0.462. The first-order valence-corrected chi connectivity index (χ1v) is 7.50. The molecular weight excluding hydrogens is 292 g/mol. The first-order chi connectivity index (χ1) is 10.1. The van der Waals surface area contributed by atoms with E-state index < -0.39 is 5.91 Å². The topological polar surface area (TPSA) is 94.5 Å². The number of morpholine rings is 1. The van der Waals surface area contributed by atoms with E-state index >= 15 is 0 Å². The van der Waals surface area contributed by atoms with Crippen LogP contribution in [0.15, 0.2) is 16.0 Å². The first kappa shape index (κ1) is 14.2. The van der Waals surface area contributed by atoms with Gasteiger partial charge in [-0.15, -0.1) is 11.3 Å². The number of carbonyl (C=O) groups excluding carboxylic acids is 1. The Morgan fingerprint density at radius 2 is 2.48 bits per heavy atom. The van der Waals surface area contributed by atoms with E-state index in [2.05, 4.69) is 15.0 Å². The normalized spacial score (nSPS) is 19.8. The highest BCUT2D eigenvalue weighted by molar-refractivity contribution is 7.10. The number of rotatable bonds is 4. The Morgan fingerprint density at radius 1 is 1.62 bits per heavy atom. The monoisotopic (exact) mass is 308 g/mol. The van der Waals surface area contributed by atoms with Crippen LogP contribution in [0.3, 0.4) is 0 Å². The molecule has 0 aliphatic carbocycles. The molecule has 0 aromatic carbocycles. The lowest BCUT2D eigenvalue weighted by Crippen LogP contribution is -2.39. The minimum atomic E-state index is -0.399. The van der Waals surface area contributed by atoms with Crippen LogP contribution in [0.4, 0.5) is 0 Å². The van der Waals surface area contributed by atoms with Crippen LogP contribution in [0, 0.1) is 6.92 Å². The van der Waals surface area contributed by atoms with Crippen LogP contribution in [0.5, 0.6) is 0 Å². The molecule has 0 bridgehead atoms. The number of nitrogens with two attached hydrogens (primary N) is 1. The molecule has 1 aliphatic rings. The molecular formula is C13H16N4O3S. The Kier molecular flexibility index (Phi) is 4.00. The molecule has 0 spiro atoms. The molecule has 3 heterocycles. The highest BCUT2D eigenvalue weighted by atomic mass is 32.1. The fourth-order valence-corrected chi connectivity index (χ4v) is 3.19. The van der Waals surface area contributed by atoms with Crippen LogP contribution >= 0.6 is 11.3 Å². The number of amides is 1. The van der Waals surface area contributed by atoms with Crippen LogP contribution in [-0.2, 0) is 11.3 Å². The van der Waals surface area contributed by atoms with Crippen LogP contribution in [0.25, 0.3) is 0 Å². The number of ether oxygens (including phenoxy) is 1. The van der Waals surface area contributed by atoms with Crippen molar-refractivity contribution in [2.45, 2.75) is 19.5 Å². The van der Waals surface area contributed by atoms with Crippen molar-refractivity contribution in [3.63, 3.8) is 0 Å². The minimum absolute atomic E-state index is 0.0564. The summed E-state index contributed by atoms with van der Waals surface area (Å²) in [5, 5.41) is 5.62. The largest absolute Gasteiger partial charge is 0.378 e. The zero-order chi connectivity index (χ0) is 14.8. The lowest BCUT2D eigenvalue weighted by molar-refractivity contribution is -0.0236. The van der Waals surface area contributed by atoms with Gasteiger partial charge in [0, 0.05) is 23.3 Å². The average molecular weight is 308 g/mol. The molecule has 21 heavy (non-hydrogen) atoms. The Labute approximate surface area is 125 Å². The quantitative estimate of drug-likeness (QED) is 0.909. The number of carbonyl (C=O) groups is 1. The van der Waals surface area contributed by atoms with E-state index in [9.17, 15) is 4.79 Å². The van der Waals surface area contributed by atoms with Gasteiger partial charge in [-0.3, -0.25) is 9.69 Å². The van der Waals surface area contributed by atoms with E-state index in [-0.39, 0.29) is 6.04 Å². The Morgan fingerprint density at radius 3 is 3.14 bits per heavy atom. The molecule has 1 aliphatic heterocycles. The maximum Gasteiger partial charge on any atom is 0.249 e. The number of hydrogen-bond acceptors (Lipinski definition) is 7. The molecule has 1 fully saturated rings. The van der Waals surface area contributed by atoms with Crippen molar-refractivity contribution in [2.75, 3.05) is 19.8 Å². The summed E-state index contributed by atoms with van der Waals surface area (Å²) in [6.45, 7) is 4.45. The molecule has 0 unspecified atom stereocenters. The molecule has 8 heteroatoms. The summed E-state index contributed by atoms with van der Waals surface area (Å²) in [4.78, 5) is 18.7. The minimum Gasteiger partial charge on any atom is -0.378 e. The molecule has 1 amide bonds. The van der Waals surface area contributed by atoms with Crippen molar-refractivity contribution in [2.24, 2.45) is 5.73 Å². The second-order valence-electron chi connectivity index (χ2n) is 4.91. The van der Waals surface area contributed by atoms with Crippen LogP contribution in [0.1, 0.15) is 33.0 Å². The summed E-state index contributed by atoms with van der Waals surface area (Å²) in [5.74, 6) is 0.782. The van der Waals surface area contributed by atoms with Gasteiger partial charge in [-0.05, 0) is 13.0 Å². The van der Waals surface area contributed by atoms with Crippen molar-refractivity contribution in [3.8, 4) is 0 Å². The molecule has 112 valence electrons. The predicted octanol–water partition coefficient (Wildman–Crippen LogP) is 1.11. The molecule has 2 N–H and O–H groups in total. The molecule has 1 atom stereocenters. The summed E-state index contributed by atoms with van der Waals surface area (Å²) in [5.41, 5.74) is 5.83. The van der Waals surface area contributed by atoms with Gasteiger partial charge in [-0.25, -0.2) is 0 Å². The number of hydrogen-bond donors (Lipinski definition) is 1.